The number of hydrogen-bond donors (Lipinski definition) is 1. The third-order valence-corrected chi connectivity index (χ3v) is 3.80. The minimum atomic E-state index is 0.671. The second-order valence-electron chi connectivity index (χ2n) is 5.85. The van der Waals surface area contributed by atoms with Gasteiger partial charge in [0.1, 0.15) is 5.75 Å². The van der Waals surface area contributed by atoms with Crippen LogP contribution in [0.3, 0.4) is 0 Å². The maximum absolute atomic E-state index is 5.91. The summed E-state index contributed by atoms with van der Waals surface area (Å²) in [4.78, 5) is 6.83. The molecule has 0 atom stereocenters. The summed E-state index contributed by atoms with van der Waals surface area (Å²) in [6, 6.07) is 4.33. The van der Waals surface area contributed by atoms with Crippen molar-refractivity contribution >= 4 is 16.6 Å². The van der Waals surface area contributed by atoms with E-state index in [1.165, 1.54) is 23.2 Å². The Kier molecular flexibility index (Phi) is 3.97. The molecule has 0 amide bonds. The summed E-state index contributed by atoms with van der Waals surface area (Å²) in [5.41, 5.74) is 4.77. The van der Waals surface area contributed by atoms with Crippen LogP contribution >= 0.6 is 0 Å². The van der Waals surface area contributed by atoms with E-state index in [1.807, 2.05) is 13.1 Å². The molecule has 3 rings (SSSR count). The van der Waals surface area contributed by atoms with Gasteiger partial charge in [0, 0.05) is 19.3 Å². The Morgan fingerprint density at radius 3 is 2.95 bits per heavy atom. The Labute approximate surface area is 126 Å². The standard InChI is InChI=1S/C17H23N3O/c1-4-21-15-9-12(11-20(2)3)8-14-16(15)17-13(10-19-14)6-5-7-18-17/h8-10,18H,4-7,11H2,1-3H3. The lowest BCUT2D eigenvalue weighted by molar-refractivity contribution is 0.342. The molecule has 21 heavy (non-hydrogen) atoms. The number of ether oxygens (including phenoxy) is 1. The maximum Gasteiger partial charge on any atom is 0.131 e. The quantitative estimate of drug-likeness (QED) is 0.937. The van der Waals surface area contributed by atoms with Crippen LogP contribution in [0.15, 0.2) is 18.3 Å². The second kappa shape index (κ2) is 5.90. The molecule has 1 aromatic carbocycles. The molecule has 2 heterocycles. The Hall–Kier alpha value is -1.81. The van der Waals surface area contributed by atoms with Gasteiger partial charge in [-0.15, -0.1) is 0 Å². The van der Waals surface area contributed by atoms with Crippen LogP contribution in [-0.2, 0) is 13.0 Å². The zero-order valence-corrected chi connectivity index (χ0v) is 13.1. The highest BCUT2D eigenvalue weighted by molar-refractivity contribution is 5.98. The number of rotatable bonds is 4. The van der Waals surface area contributed by atoms with Gasteiger partial charge in [0.05, 0.1) is 23.2 Å². The van der Waals surface area contributed by atoms with Crippen molar-refractivity contribution in [3.8, 4) is 5.75 Å². The van der Waals surface area contributed by atoms with Crippen molar-refractivity contribution in [1.29, 1.82) is 0 Å². The highest BCUT2D eigenvalue weighted by atomic mass is 16.5. The first-order chi connectivity index (χ1) is 10.2. The van der Waals surface area contributed by atoms with E-state index in [4.69, 9.17) is 4.74 Å². The van der Waals surface area contributed by atoms with Gasteiger partial charge in [0.25, 0.3) is 0 Å². The molecule has 0 saturated heterocycles. The number of anilines is 1. The lowest BCUT2D eigenvalue weighted by atomic mass is 10.00. The smallest absolute Gasteiger partial charge is 0.131 e. The number of hydrogen-bond acceptors (Lipinski definition) is 4. The van der Waals surface area contributed by atoms with Crippen molar-refractivity contribution < 1.29 is 4.74 Å². The second-order valence-corrected chi connectivity index (χ2v) is 5.85. The van der Waals surface area contributed by atoms with Crippen molar-refractivity contribution in [1.82, 2.24) is 9.88 Å². The molecule has 112 valence electrons. The van der Waals surface area contributed by atoms with Crippen LogP contribution in [0, 0.1) is 0 Å². The van der Waals surface area contributed by atoms with E-state index in [1.54, 1.807) is 0 Å². The maximum atomic E-state index is 5.91. The van der Waals surface area contributed by atoms with E-state index < -0.39 is 0 Å². The molecule has 0 fully saturated rings. The van der Waals surface area contributed by atoms with Gasteiger partial charge in [-0.05, 0) is 57.1 Å². The van der Waals surface area contributed by atoms with Gasteiger partial charge >= 0.3 is 0 Å². The summed E-state index contributed by atoms with van der Waals surface area (Å²) in [5, 5.41) is 4.67. The van der Waals surface area contributed by atoms with E-state index in [-0.39, 0.29) is 0 Å². The van der Waals surface area contributed by atoms with Crippen LogP contribution in [0.25, 0.3) is 10.9 Å². The van der Waals surface area contributed by atoms with Gasteiger partial charge in [-0.25, -0.2) is 0 Å². The third kappa shape index (κ3) is 2.81. The summed E-state index contributed by atoms with van der Waals surface area (Å²) in [6.45, 7) is 4.62. The van der Waals surface area contributed by atoms with Crippen LogP contribution in [-0.4, -0.2) is 37.1 Å². The van der Waals surface area contributed by atoms with Crippen molar-refractivity contribution in [3.63, 3.8) is 0 Å². The van der Waals surface area contributed by atoms with Gasteiger partial charge in [-0.1, -0.05) is 0 Å². The van der Waals surface area contributed by atoms with Gasteiger partial charge in [0.2, 0.25) is 0 Å². The number of benzene rings is 1. The molecule has 4 nitrogen and oxygen atoms in total. The van der Waals surface area contributed by atoms with E-state index in [2.05, 4.69) is 41.4 Å². The van der Waals surface area contributed by atoms with E-state index in [9.17, 15) is 0 Å². The normalized spacial score (nSPS) is 14.1. The zero-order valence-electron chi connectivity index (χ0n) is 13.1. The monoisotopic (exact) mass is 285 g/mol. The topological polar surface area (TPSA) is 37.4 Å². The fourth-order valence-corrected chi connectivity index (χ4v) is 2.99. The van der Waals surface area contributed by atoms with Gasteiger partial charge in [0.15, 0.2) is 0 Å². The van der Waals surface area contributed by atoms with Gasteiger partial charge < -0.3 is 15.0 Å². The van der Waals surface area contributed by atoms with E-state index in [0.717, 1.165) is 36.2 Å². The molecule has 0 spiro atoms. The Morgan fingerprint density at radius 1 is 1.33 bits per heavy atom. The molecule has 0 aliphatic carbocycles. The molecular weight excluding hydrogens is 262 g/mol. The molecule has 1 aliphatic rings. The molecule has 0 bridgehead atoms. The first-order valence-corrected chi connectivity index (χ1v) is 7.65. The predicted octanol–water partition coefficient (Wildman–Crippen LogP) is 3.05. The summed E-state index contributed by atoms with van der Waals surface area (Å²) >= 11 is 0. The SMILES string of the molecule is CCOc1cc(CN(C)C)cc2ncc3c(c12)NCCC3. The first kappa shape index (κ1) is 14.1. The number of nitrogens with zero attached hydrogens (tertiary/aromatic N) is 2. The summed E-state index contributed by atoms with van der Waals surface area (Å²) in [5.74, 6) is 0.950. The number of pyridine rings is 1. The van der Waals surface area contributed by atoms with Crippen molar-refractivity contribution in [3.05, 3.63) is 29.5 Å². The minimum absolute atomic E-state index is 0.671. The Morgan fingerprint density at radius 2 is 2.19 bits per heavy atom. The third-order valence-electron chi connectivity index (χ3n) is 3.80. The molecule has 0 saturated carbocycles. The Balaban J connectivity index is 2.18. The van der Waals surface area contributed by atoms with Crippen molar-refractivity contribution in [2.75, 3.05) is 32.6 Å². The summed E-state index contributed by atoms with van der Waals surface area (Å²) in [7, 11) is 4.15. The summed E-state index contributed by atoms with van der Waals surface area (Å²) in [6.07, 6.45) is 4.28. The molecular formula is C17H23N3O. The highest BCUT2D eigenvalue weighted by Gasteiger charge is 2.17. The van der Waals surface area contributed by atoms with E-state index in [0.29, 0.717) is 6.61 Å². The van der Waals surface area contributed by atoms with Crippen LogP contribution in [0.4, 0.5) is 5.69 Å². The van der Waals surface area contributed by atoms with Crippen molar-refractivity contribution in [2.45, 2.75) is 26.3 Å². The number of aryl methyl sites for hydroxylation is 1. The molecule has 2 aromatic rings. The lowest BCUT2D eigenvalue weighted by Gasteiger charge is -2.22. The minimum Gasteiger partial charge on any atom is -0.493 e. The summed E-state index contributed by atoms with van der Waals surface area (Å²) < 4.78 is 5.91. The molecule has 0 radical (unpaired) electrons. The van der Waals surface area contributed by atoms with Crippen LogP contribution in [0.2, 0.25) is 0 Å². The lowest BCUT2D eigenvalue weighted by Crippen LogP contribution is -2.14. The zero-order chi connectivity index (χ0) is 14.8. The van der Waals surface area contributed by atoms with Crippen LogP contribution in [0.5, 0.6) is 5.75 Å². The van der Waals surface area contributed by atoms with Crippen LogP contribution < -0.4 is 10.1 Å². The first-order valence-electron chi connectivity index (χ1n) is 7.65. The van der Waals surface area contributed by atoms with Crippen molar-refractivity contribution in [2.24, 2.45) is 0 Å². The number of fused-ring (bicyclic) bond motifs is 3. The van der Waals surface area contributed by atoms with Gasteiger partial charge in [-0.3, -0.25) is 4.98 Å². The number of aromatic nitrogens is 1. The largest absolute Gasteiger partial charge is 0.493 e. The highest BCUT2D eigenvalue weighted by Crippen LogP contribution is 2.37. The van der Waals surface area contributed by atoms with Crippen LogP contribution in [0.1, 0.15) is 24.5 Å². The molecule has 4 heteroatoms. The van der Waals surface area contributed by atoms with E-state index >= 15 is 0 Å². The molecule has 1 aromatic heterocycles. The molecule has 1 aliphatic heterocycles. The molecule has 0 unspecified atom stereocenters. The fraction of sp³-hybridized carbons (Fsp3) is 0.471. The predicted molar refractivity (Wildman–Crippen MR) is 87.1 cm³/mol. The number of nitrogens with one attached hydrogen (secondary N) is 1. The fourth-order valence-electron chi connectivity index (χ4n) is 2.99. The molecule has 1 N–H and O–H groups in total. The average Bonchev–Trinajstić information content (AvgIpc) is 2.46. The van der Waals surface area contributed by atoms with Gasteiger partial charge in [-0.2, -0.15) is 0 Å². The Bertz CT molecular complexity index is 652. The average molecular weight is 285 g/mol.